The Kier molecular flexibility index (Phi) is 10.2. The van der Waals surface area contributed by atoms with Crippen LogP contribution in [-0.2, 0) is 4.79 Å². The number of aliphatic carboxylic acids is 1. The van der Waals surface area contributed by atoms with Crippen molar-refractivity contribution in [3.8, 4) is 18.1 Å². The number of nitrogens with one attached hydrogen (secondary N) is 1. The highest BCUT2D eigenvalue weighted by Crippen LogP contribution is 2.29. The number of aromatic nitrogens is 2. The summed E-state index contributed by atoms with van der Waals surface area (Å²) >= 11 is 0. The summed E-state index contributed by atoms with van der Waals surface area (Å²) in [5.41, 5.74) is 0.641. The maximum absolute atomic E-state index is 13.4. The van der Waals surface area contributed by atoms with E-state index in [4.69, 9.17) is 11.2 Å². The van der Waals surface area contributed by atoms with Crippen LogP contribution in [0.2, 0.25) is 0 Å². The van der Waals surface area contributed by atoms with Crippen LogP contribution in [0.1, 0.15) is 45.1 Å². The Hall–Kier alpha value is -4.79. The zero-order valence-electron chi connectivity index (χ0n) is 24.1. The highest BCUT2D eigenvalue weighted by Gasteiger charge is 2.28. The number of carboxylic acid groups (broad SMARTS) is 1. The molecule has 2 N–H and O–H groups in total. The average Bonchev–Trinajstić information content (AvgIpc) is 3.73. The number of terminal acetylenes is 1. The number of benzene rings is 1. The standard InChI is InChI=1S/C30H37N7O5/c1-4-15-37(29(40)35-16-7-8-17-35)25-21-31-28(34(5-2)6-3)33-26(25)32-24(27(38)39)20-22-11-13-23(14-12-22)42-30(41)36-18-9-10-19-36/h1,11-14,20-21H,5-10,15-19H2,2-3H3,(H,38,39)(H,31,32,33)/b24-20+. The van der Waals surface area contributed by atoms with Gasteiger partial charge in [0.2, 0.25) is 5.95 Å². The monoisotopic (exact) mass is 575 g/mol. The summed E-state index contributed by atoms with van der Waals surface area (Å²) in [5, 5.41) is 13.0. The molecule has 3 amide bonds. The molecular formula is C30H37N7O5. The van der Waals surface area contributed by atoms with E-state index in [1.165, 1.54) is 17.2 Å². The Morgan fingerprint density at radius 3 is 2.24 bits per heavy atom. The molecule has 0 saturated carbocycles. The second kappa shape index (κ2) is 14.2. The summed E-state index contributed by atoms with van der Waals surface area (Å²) < 4.78 is 5.44. The third kappa shape index (κ3) is 7.28. The van der Waals surface area contributed by atoms with Crippen molar-refractivity contribution in [2.24, 2.45) is 0 Å². The molecule has 12 nitrogen and oxygen atoms in total. The molecule has 2 aliphatic rings. The van der Waals surface area contributed by atoms with Crippen LogP contribution in [0.15, 0.2) is 36.2 Å². The predicted octanol–water partition coefficient (Wildman–Crippen LogP) is 4.11. The molecule has 222 valence electrons. The van der Waals surface area contributed by atoms with Crippen LogP contribution in [0.5, 0.6) is 5.75 Å². The van der Waals surface area contributed by atoms with Crippen molar-refractivity contribution < 1.29 is 24.2 Å². The summed E-state index contributed by atoms with van der Waals surface area (Å²) in [6, 6.07) is 6.24. The lowest BCUT2D eigenvalue weighted by molar-refractivity contribution is -0.132. The molecule has 3 heterocycles. The van der Waals surface area contributed by atoms with E-state index in [0.29, 0.717) is 56.5 Å². The number of nitrogens with zero attached hydrogens (tertiary/aromatic N) is 6. The minimum absolute atomic E-state index is 0.0400. The van der Waals surface area contributed by atoms with Crippen molar-refractivity contribution >= 4 is 41.6 Å². The van der Waals surface area contributed by atoms with Crippen LogP contribution >= 0.6 is 0 Å². The smallest absolute Gasteiger partial charge is 0.415 e. The van der Waals surface area contributed by atoms with Crippen LogP contribution < -0.4 is 19.9 Å². The van der Waals surface area contributed by atoms with E-state index in [9.17, 15) is 19.5 Å². The fourth-order valence-electron chi connectivity index (χ4n) is 4.88. The van der Waals surface area contributed by atoms with Gasteiger partial charge in [-0.3, -0.25) is 4.90 Å². The number of ether oxygens (including phenoxy) is 1. The fraction of sp³-hybridized carbons (Fsp3) is 0.433. The number of carboxylic acids is 1. The maximum Gasteiger partial charge on any atom is 0.415 e. The van der Waals surface area contributed by atoms with Crippen LogP contribution in [0, 0.1) is 12.3 Å². The Labute approximate surface area is 246 Å². The van der Waals surface area contributed by atoms with Gasteiger partial charge in [-0.15, -0.1) is 6.42 Å². The van der Waals surface area contributed by atoms with Gasteiger partial charge in [0.05, 0.1) is 12.7 Å². The topological polar surface area (TPSA) is 131 Å². The molecule has 0 radical (unpaired) electrons. The van der Waals surface area contributed by atoms with Crippen molar-refractivity contribution in [1.29, 1.82) is 0 Å². The molecule has 0 atom stereocenters. The summed E-state index contributed by atoms with van der Waals surface area (Å²) in [4.78, 5) is 53.9. The van der Waals surface area contributed by atoms with Crippen molar-refractivity contribution in [3.63, 3.8) is 0 Å². The Bertz CT molecular complexity index is 1340. The van der Waals surface area contributed by atoms with Gasteiger partial charge in [0, 0.05) is 39.3 Å². The number of hydrogen-bond donors (Lipinski definition) is 2. The lowest BCUT2D eigenvalue weighted by atomic mass is 10.2. The van der Waals surface area contributed by atoms with Crippen molar-refractivity contribution in [2.75, 3.05) is 60.9 Å². The Balaban J connectivity index is 1.64. The van der Waals surface area contributed by atoms with E-state index in [0.717, 1.165) is 25.7 Å². The first kappa shape index (κ1) is 30.2. The van der Waals surface area contributed by atoms with Crippen molar-refractivity contribution in [2.45, 2.75) is 39.5 Å². The molecule has 0 bridgehead atoms. The quantitative estimate of drug-likeness (QED) is 0.317. The number of carbonyl (C=O) groups excluding carboxylic acids is 2. The number of amides is 3. The highest BCUT2D eigenvalue weighted by molar-refractivity contribution is 5.99. The summed E-state index contributed by atoms with van der Waals surface area (Å²) in [7, 11) is 0. The summed E-state index contributed by atoms with van der Waals surface area (Å²) in [6.45, 7) is 7.73. The van der Waals surface area contributed by atoms with Crippen LogP contribution in [0.4, 0.5) is 27.0 Å². The van der Waals surface area contributed by atoms with Gasteiger partial charge in [-0.25, -0.2) is 19.4 Å². The lowest BCUT2D eigenvalue weighted by Crippen LogP contribution is -2.42. The highest BCUT2D eigenvalue weighted by atomic mass is 16.6. The van der Waals surface area contributed by atoms with Gasteiger partial charge in [-0.1, -0.05) is 18.1 Å². The fourth-order valence-corrected chi connectivity index (χ4v) is 4.88. The molecule has 4 rings (SSSR count). The van der Waals surface area contributed by atoms with E-state index in [1.54, 1.807) is 34.1 Å². The van der Waals surface area contributed by atoms with Crippen molar-refractivity contribution in [1.82, 2.24) is 19.8 Å². The van der Waals surface area contributed by atoms with Crippen LogP contribution in [-0.4, -0.2) is 88.8 Å². The van der Waals surface area contributed by atoms with E-state index < -0.39 is 12.1 Å². The maximum atomic E-state index is 13.4. The third-order valence-electron chi connectivity index (χ3n) is 7.19. The van der Waals surface area contributed by atoms with Gasteiger partial charge in [0.1, 0.15) is 17.1 Å². The number of carbonyl (C=O) groups is 3. The van der Waals surface area contributed by atoms with Crippen molar-refractivity contribution in [3.05, 3.63) is 41.7 Å². The van der Waals surface area contributed by atoms with Crippen LogP contribution in [0.25, 0.3) is 6.08 Å². The van der Waals surface area contributed by atoms with Gasteiger partial charge < -0.3 is 29.9 Å². The predicted molar refractivity (Wildman–Crippen MR) is 160 cm³/mol. The minimum atomic E-state index is -1.23. The second-order valence-corrected chi connectivity index (χ2v) is 9.96. The number of urea groups is 1. The number of rotatable bonds is 10. The SMILES string of the molecule is C#CCN(C(=O)N1CCCC1)c1cnc(N(CC)CC)nc1N/C(=C/c1ccc(OC(=O)N2CCCC2)cc1)C(=O)O. The van der Waals surface area contributed by atoms with E-state index in [2.05, 4.69) is 21.2 Å². The number of anilines is 3. The molecule has 0 unspecified atom stereocenters. The molecule has 1 aromatic heterocycles. The second-order valence-electron chi connectivity index (χ2n) is 9.96. The van der Waals surface area contributed by atoms with Gasteiger partial charge in [-0.05, 0) is 63.3 Å². The molecule has 0 aliphatic carbocycles. The molecule has 2 aliphatic heterocycles. The Morgan fingerprint density at radius 1 is 1.05 bits per heavy atom. The first-order chi connectivity index (χ1) is 20.3. The largest absolute Gasteiger partial charge is 0.477 e. The van der Waals surface area contributed by atoms with Gasteiger partial charge in [0.15, 0.2) is 5.82 Å². The average molecular weight is 576 g/mol. The van der Waals surface area contributed by atoms with E-state index >= 15 is 0 Å². The van der Waals surface area contributed by atoms with E-state index in [1.807, 2.05) is 18.7 Å². The molecule has 12 heteroatoms. The molecule has 2 saturated heterocycles. The normalized spacial score (nSPS) is 14.8. The summed E-state index contributed by atoms with van der Waals surface area (Å²) in [6.07, 6.45) is 11.9. The zero-order chi connectivity index (χ0) is 30.1. The number of likely N-dealkylation sites (tertiary alicyclic amines) is 2. The van der Waals surface area contributed by atoms with E-state index in [-0.39, 0.29) is 29.8 Å². The summed E-state index contributed by atoms with van der Waals surface area (Å²) in [5.74, 6) is 2.18. The van der Waals surface area contributed by atoms with Gasteiger partial charge in [0.25, 0.3) is 0 Å². The minimum Gasteiger partial charge on any atom is -0.477 e. The Morgan fingerprint density at radius 2 is 1.67 bits per heavy atom. The first-order valence-electron chi connectivity index (χ1n) is 14.2. The third-order valence-corrected chi connectivity index (χ3v) is 7.19. The number of hydrogen-bond acceptors (Lipinski definition) is 8. The van der Waals surface area contributed by atoms with Gasteiger partial charge >= 0.3 is 18.1 Å². The zero-order valence-corrected chi connectivity index (χ0v) is 24.1. The lowest BCUT2D eigenvalue weighted by Gasteiger charge is -2.28. The molecule has 42 heavy (non-hydrogen) atoms. The van der Waals surface area contributed by atoms with Crippen LogP contribution in [0.3, 0.4) is 0 Å². The molecule has 1 aromatic carbocycles. The molecular weight excluding hydrogens is 538 g/mol. The van der Waals surface area contributed by atoms with Gasteiger partial charge in [-0.2, -0.15) is 4.98 Å². The molecule has 2 fully saturated rings. The first-order valence-corrected chi connectivity index (χ1v) is 14.2. The molecule has 0 spiro atoms. The molecule has 2 aromatic rings.